The number of nitrogen functional groups attached to an aromatic ring is 1. The number of H-pyrrole nitrogens is 1. The number of benzene rings is 1. The quantitative estimate of drug-likeness (QED) is 0.0821. The molecule has 45 heavy (non-hydrogen) atoms. The molecule has 1 saturated heterocycles. The van der Waals surface area contributed by atoms with Gasteiger partial charge in [-0.25, -0.2) is 14.8 Å². The van der Waals surface area contributed by atoms with Crippen molar-refractivity contribution in [2.24, 2.45) is 0 Å². The molecule has 0 aliphatic carbocycles. The maximum atomic E-state index is 12.5. The summed E-state index contributed by atoms with van der Waals surface area (Å²) in [5.41, 5.74) is 6.38. The highest BCUT2D eigenvalue weighted by Gasteiger charge is 2.38. The third-order valence-corrected chi connectivity index (χ3v) is 6.86. The minimum Gasteiger partial charge on any atom is -0.394 e. The van der Waals surface area contributed by atoms with Crippen LogP contribution in [0.4, 0.5) is 17.5 Å². The SMILES string of the molecule is C=C1C(O)C(CO)OC1n1ccc(NC(=O)CCCNC(=O)c2ccc(NCc3cnc4nc(N)[nH]c(=O)c4n3)cc2)nc1=O. The molecule has 0 spiro atoms. The van der Waals surface area contributed by atoms with E-state index in [1.807, 2.05) is 0 Å². The number of anilines is 3. The predicted octanol–water partition coefficient (Wildman–Crippen LogP) is -0.580. The summed E-state index contributed by atoms with van der Waals surface area (Å²) in [6, 6.07) is 8.11. The molecule has 4 heterocycles. The Hall–Kier alpha value is -5.52. The molecule has 3 atom stereocenters. The summed E-state index contributed by atoms with van der Waals surface area (Å²) in [6.07, 6.45) is 0.220. The topological polar surface area (TPSA) is 252 Å². The zero-order valence-electron chi connectivity index (χ0n) is 23.8. The Labute approximate surface area is 254 Å². The van der Waals surface area contributed by atoms with E-state index in [0.717, 1.165) is 4.57 Å². The highest BCUT2D eigenvalue weighted by atomic mass is 16.5. The number of ether oxygens (including phenoxy) is 1. The zero-order valence-corrected chi connectivity index (χ0v) is 23.8. The summed E-state index contributed by atoms with van der Waals surface area (Å²) >= 11 is 0. The van der Waals surface area contributed by atoms with Crippen molar-refractivity contribution in [1.29, 1.82) is 0 Å². The molecule has 234 valence electrons. The number of rotatable bonds is 11. The molecule has 3 unspecified atom stereocenters. The van der Waals surface area contributed by atoms with Crippen LogP contribution in [0.2, 0.25) is 0 Å². The number of hydrogen-bond acceptors (Lipinski definition) is 13. The number of aliphatic hydroxyl groups excluding tert-OH is 2. The van der Waals surface area contributed by atoms with Crippen LogP contribution in [-0.4, -0.2) is 76.9 Å². The first-order valence-electron chi connectivity index (χ1n) is 13.8. The van der Waals surface area contributed by atoms with Gasteiger partial charge in [0.1, 0.15) is 18.0 Å². The lowest BCUT2D eigenvalue weighted by atomic mass is 10.1. The first kappa shape index (κ1) is 30.9. The molecule has 1 aromatic carbocycles. The van der Waals surface area contributed by atoms with Gasteiger partial charge in [-0.3, -0.25) is 23.9 Å². The van der Waals surface area contributed by atoms with Crippen LogP contribution in [0.1, 0.15) is 35.1 Å². The number of aromatic nitrogens is 6. The fourth-order valence-corrected chi connectivity index (χ4v) is 4.51. The number of amides is 2. The van der Waals surface area contributed by atoms with Gasteiger partial charge < -0.3 is 36.6 Å². The fraction of sp³-hybridized carbons (Fsp3) is 0.286. The van der Waals surface area contributed by atoms with E-state index in [1.54, 1.807) is 24.3 Å². The number of nitrogens with zero attached hydrogens (tertiary/aromatic N) is 5. The largest absolute Gasteiger partial charge is 0.394 e. The van der Waals surface area contributed by atoms with Crippen LogP contribution in [0.5, 0.6) is 0 Å². The van der Waals surface area contributed by atoms with Gasteiger partial charge in [-0.05, 0) is 36.8 Å². The molecule has 0 bridgehead atoms. The van der Waals surface area contributed by atoms with Crippen LogP contribution >= 0.6 is 0 Å². The predicted molar refractivity (Wildman–Crippen MR) is 161 cm³/mol. The molecule has 17 heteroatoms. The summed E-state index contributed by atoms with van der Waals surface area (Å²) in [6.45, 7) is 3.78. The molecule has 0 radical (unpaired) electrons. The molecule has 0 saturated carbocycles. The minimum absolute atomic E-state index is 0.0327. The van der Waals surface area contributed by atoms with Gasteiger partial charge in [0.05, 0.1) is 25.0 Å². The van der Waals surface area contributed by atoms with E-state index >= 15 is 0 Å². The van der Waals surface area contributed by atoms with Crippen molar-refractivity contribution in [2.75, 3.05) is 29.5 Å². The van der Waals surface area contributed by atoms with Gasteiger partial charge >= 0.3 is 5.69 Å². The Morgan fingerprint density at radius 1 is 1.13 bits per heavy atom. The lowest BCUT2D eigenvalue weighted by Gasteiger charge is -2.15. The molecule has 1 fully saturated rings. The van der Waals surface area contributed by atoms with E-state index in [9.17, 15) is 29.4 Å². The van der Waals surface area contributed by atoms with E-state index in [-0.39, 0.29) is 53.9 Å². The normalized spacial score (nSPS) is 17.7. The van der Waals surface area contributed by atoms with Crippen LogP contribution in [0.25, 0.3) is 11.2 Å². The lowest BCUT2D eigenvalue weighted by molar-refractivity contribution is -0.116. The van der Waals surface area contributed by atoms with Crippen molar-refractivity contribution in [3.8, 4) is 0 Å². The van der Waals surface area contributed by atoms with Crippen LogP contribution in [0, 0.1) is 0 Å². The van der Waals surface area contributed by atoms with Crippen LogP contribution < -0.4 is 32.9 Å². The summed E-state index contributed by atoms with van der Waals surface area (Å²) < 4.78 is 6.57. The molecule has 8 N–H and O–H groups in total. The Morgan fingerprint density at radius 2 is 1.91 bits per heavy atom. The zero-order chi connectivity index (χ0) is 32.1. The number of fused-ring (bicyclic) bond motifs is 1. The van der Waals surface area contributed by atoms with Gasteiger partial charge in [-0.15, -0.1) is 0 Å². The Balaban J connectivity index is 1.04. The minimum atomic E-state index is -1.12. The van der Waals surface area contributed by atoms with E-state index in [4.69, 9.17) is 10.5 Å². The van der Waals surface area contributed by atoms with E-state index in [2.05, 4.69) is 47.4 Å². The van der Waals surface area contributed by atoms with Gasteiger partial charge in [0.25, 0.3) is 11.5 Å². The number of nitrogens with two attached hydrogens (primary N) is 1. The third kappa shape index (κ3) is 7.18. The second-order valence-corrected chi connectivity index (χ2v) is 10.1. The lowest BCUT2D eigenvalue weighted by Crippen LogP contribution is -2.29. The van der Waals surface area contributed by atoms with Crippen molar-refractivity contribution < 1.29 is 24.5 Å². The Kier molecular flexibility index (Phi) is 9.22. The Morgan fingerprint density at radius 3 is 2.62 bits per heavy atom. The van der Waals surface area contributed by atoms with E-state index in [1.165, 1.54) is 18.5 Å². The standard InChI is InChI=1S/C28H30N10O7/c1-14-22(41)18(13-39)45-26(14)38-10-8-19(35-28(38)44)34-20(40)3-2-9-30-24(42)15-4-6-16(7-5-15)31-11-17-12-32-23-21(33-17)25(43)37-27(29)36-23/h4-8,10,12,18,22,26,31,39,41H,1-3,9,11,13H2,(H,30,42)(H,34,35,40,44)(H3,29,32,36,37,43). The monoisotopic (exact) mass is 618 g/mol. The van der Waals surface area contributed by atoms with Crippen molar-refractivity contribution >= 4 is 40.4 Å². The van der Waals surface area contributed by atoms with E-state index in [0.29, 0.717) is 23.4 Å². The molecular weight excluding hydrogens is 588 g/mol. The summed E-state index contributed by atoms with van der Waals surface area (Å²) in [5.74, 6) is -0.724. The van der Waals surface area contributed by atoms with Gasteiger partial charge in [0, 0.05) is 36.0 Å². The number of nitrogens with one attached hydrogen (secondary N) is 4. The molecule has 3 aromatic heterocycles. The van der Waals surface area contributed by atoms with Crippen molar-refractivity contribution in [3.63, 3.8) is 0 Å². The maximum Gasteiger partial charge on any atom is 0.351 e. The molecule has 1 aliphatic heterocycles. The Bertz CT molecular complexity index is 1860. The fourth-order valence-electron chi connectivity index (χ4n) is 4.51. The molecule has 17 nitrogen and oxygen atoms in total. The third-order valence-electron chi connectivity index (χ3n) is 6.86. The number of aromatic amines is 1. The van der Waals surface area contributed by atoms with Gasteiger partial charge in [0.2, 0.25) is 11.9 Å². The first-order chi connectivity index (χ1) is 21.6. The van der Waals surface area contributed by atoms with Gasteiger partial charge in [0.15, 0.2) is 17.4 Å². The van der Waals surface area contributed by atoms with Crippen LogP contribution in [0.15, 0.2) is 64.5 Å². The molecule has 4 aromatic rings. The second kappa shape index (κ2) is 13.4. The number of carbonyl (C=O) groups is 2. The van der Waals surface area contributed by atoms with Crippen LogP contribution in [0.3, 0.4) is 0 Å². The van der Waals surface area contributed by atoms with E-state index < -0.39 is 42.2 Å². The summed E-state index contributed by atoms with van der Waals surface area (Å²) in [5, 5.41) is 27.8. The average Bonchev–Trinajstić information content (AvgIpc) is 3.31. The highest BCUT2D eigenvalue weighted by molar-refractivity contribution is 5.94. The van der Waals surface area contributed by atoms with Crippen molar-refractivity contribution in [1.82, 2.24) is 34.8 Å². The smallest absolute Gasteiger partial charge is 0.351 e. The second-order valence-electron chi connectivity index (χ2n) is 10.1. The van der Waals surface area contributed by atoms with Crippen LogP contribution in [-0.2, 0) is 16.1 Å². The molecule has 5 rings (SSSR count). The first-order valence-corrected chi connectivity index (χ1v) is 13.8. The summed E-state index contributed by atoms with van der Waals surface area (Å²) in [4.78, 5) is 67.9. The highest BCUT2D eigenvalue weighted by Crippen LogP contribution is 2.31. The van der Waals surface area contributed by atoms with Gasteiger partial charge in [-0.1, -0.05) is 6.58 Å². The van der Waals surface area contributed by atoms with Gasteiger partial charge in [-0.2, -0.15) is 9.97 Å². The van der Waals surface area contributed by atoms with Crippen molar-refractivity contribution in [2.45, 2.75) is 37.8 Å². The number of aliphatic hydroxyl groups is 2. The van der Waals surface area contributed by atoms with Crippen molar-refractivity contribution in [3.05, 3.63) is 87.0 Å². The average molecular weight is 619 g/mol. The molecule has 2 amide bonds. The number of hydrogen-bond donors (Lipinski definition) is 7. The maximum absolute atomic E-state index is 12.5. The molecular formula is C28H30N10O7. The molecule has 1 aliphatic rings. The summed E-state index contributed by atoms with van der Waals surface area (Å²) in [7, 11) is 0. The number of carbonyl (C=O) groups excluding carboxylic acids is 2.